The van der Waals surface area contributed by atoms with Crippen LogP contribution in [0.4, 0.5) is 11.4 Å². The predicted octanol–water partition coefficient (Wildman–Crippen LogP) is 3.15. The van der Waals surface area contributed by atoms with E-state index in [1.807, 2.05) is 18.5 Å². The van der Waals surface area contributed by atoms with Crippen LogP contribution >= 0.6 is 0 Å². The number of piperazine rings is 1. The lowest BCUT2D eigenvalue weighted by atomic mass is 9.77. The maximum Gasteiger partial charge on any atom is 0.262 e. The van der Waals surface area contributed by atoms with Crippen LogP contribution in [0, 0.1) is 5.92 Å². The zero-order valence-corrected chi connectivity index (χ0v) is 26.5. The Balaban J connectivity index is 0.820. The number of carbonyl (C=O) groups is 4. The Bertz CT molecular complexity index is 1930. The van der Waals surface area contributed by atoms with Crippen molar-refractivity contribution in [3.8, 4) is 11.3 Å². The van der Waals surface area contributed by atoms with Gasteiger partial charge in [0.25, 0.3) is 11.8 Å². The van der Waals surface area contributed by atoms with Gasteiger partial charge in [-0.15, -0.1) is 0 Å². The maximum absolute atomic E-state index is 13.1. The van der Waals surface area contributed by atoms with Crippen LogP contribution in [0.25, 0.3) is 22.3 Å². The first-order valence-corrected chi connectivity index (χ1v) is 16.8. The number of nitrogens with zero attached hydrogens (tertiary/aromatic N) is 6. The van der Waals surface area contributed by atoms with Gasteiger partial charge in [0, 0.05) is 56.6 Å². The number of imide groups is 2. The monoisotopic (exact) mass is 647 g/mol. The minimum atomic E-state index is -0.963. The molecule has 5 heterocycles. The number of rotatable bonds is 9. The molecule has 1 unspecified atom stereocenters. The summed E-state index contributed by atoms with van der Waals surface area (Å²) in [6, 6.07) is 10.7. The largest absolute Gasteiger partial charge is 0.385 e. The number of para-hydroxylation sites is 1. The summed E-state index contributed by atoms with van der Waals surface area (Å²) >= 11 is 0. The highest BCUT2D eigenvalue weighted by Gasteiger charge is 2.44. The summed E-state index contributed by atoms with van der Waals surface area (Å²) in [5.41, 5.74) is 6.08. The van der Waals surface area contributed by atoms with Crippen molar-refractivity contribution in [1.29, 1.82) is 0 Å². The average Bonchev–Trinajstić information content (AvgIpc) is 3.66. The highest BCUT2D eigenvalue weighted by Crippen LogP contribution is 2.40. The summed E-state index contributed by atoms with van der Waals surface area (Å²) in [5.74, 6) is -1.37. The van der Waals surface area contributed by atoms with Crippen LogP contribution in [0.1, 0.15) is 65.3 Å². The second-order valence-corrected chi connectivity index (χ2v) is 13.1. The number of fused-ring (bicyclic) bond motifs is 2. The van der Waals surface area contributed by atoms with Crippen molar-refractivity contribution in [3.63, 3.8) is 0 Å². The van der Waals surface area contributed by atoms with E-state index in [4.69, 9.17) is 9.97 Å². The Labute approximate surface area is 277 Å². The normalized spacial score (nSPS) is 22.5. The molecular formula is C35H37N9O4. The molecule has 3 N–H and O–H groups in total. The number of benzene rings is 2. The molecule has 1 saturated carbocycles. The lowest BCUT2D eigenvalue weighted by Crippen LogP contribution is -2.54. The van der Waals surface area contributed by atoms with Gasteiger partial charge in [-0.25, -0.2) is 4.98 Å². The summed E-state index contributed by atoms with van der Waals surface area (Å²) in [6.07, 6.45) is 10.3. The predicted molar refractivity (Wildman–Crippen MR) is 178 cm³/mol. The zero-order chi connectivity index (χ0) is 32.8. The molecule has 246 valence electrons. The number of hydrogen-bond donors (Lipinski definition) is 3. The molecule has 0 bridgehead atoms. The minimum Gasteiger partial charge on any atom is -0.385 e. The molecule has 0 radical (unpaired) electrons. The molecule has 2 saturated heterocycles. The lowest BCUT2D eigenvalue weighted by molar-refractivity contribution is -0.136. The van der Waals surface area contributed by atoms with Crippen molar-refractivity contribution in [1.82, 2.24) is 35.3 Å². The van der Waals surface area contributed by atoms with Gasteiger partial charge in [0.1, 0.15) is 11.6 Å². The molecule has 3 fully saturated rings. The minimum absolute atomic E-state index is 0.0975. The third kappa shape index (κ3) is 5.57. The SMILES string of the molecule is O=C1CCC(N2C(=O)c3ccc(NCCCC4CC(n5cc(-c6cnc7c(N8CCNCC8)cccc7n6)cn5)C4)cc3C2=O)C(=O)N1. The van der Waals surface area contributed by atoms with Crippen molar-refractivity contribution in [2.45, 2.75) is 50.6 Å². The van der Waals surface area contributed by atoms with Crippen LogP contribution < -0.4 is 20.9 Å². The van der Waals surface area contributed by atoms with Gasteiger partial charge in [0.2, 0.25) is 11.8 Å². The van der Waals surface area contributed by atoms with E-state index in [-0.39, 0.29) is 29.9 Å². The van der Waals surface area contributed by atoms with Gasteiger partial charge in [0.15, 0.2) is 0 Å². The second kappa shape index (κ2) is 12.5. The van der Waals surface area contributed by atoms with Gasteiger partial charge < -0.3 is 15.5 Å². The topological polar surface area (TPSA) is 154 Å². The summed E-state index contributed by atoms with van der Waals surface area (Å²) in [5, 5.41) is 13.7. The number of aromatic nitrogens is 4. The van der Waals surface area contributed by atoms with E-state index in [0.717, 1.165) is 97.0 Å². The number of piperidine rings is 1. The maximum atomic E-state index is 13.1. The van der Waals surface area contributed by atoms with Gasteiger partial charge in [0.05, 0.1) is 46.5 Å². The van der Waals surface area contributed by atoms with Crippen LogP contribution in [0.15, 0.2) is 55.0 Å². The molecule has 48 heavy (non-hydrogen) atoms. The Hall–Kier alpha value is -5.17. The van der Waals surface area contributed by atoms with E-state index < -0.39 is 23.8 Å². The molecule has 2 aromatic heterocycles. The quantitative estimate of drug-likeness (QED) is 0.182. The van der Waals surface area contributed by atoms with Crippen LogP contribution in [0.2, 0.25) is 0 Å². The molecule has 2 aromatic carbocycles. The van der Waals surface area contributed by atoms with Crippen LogP contribution in [-0.2, 0) is 9.59 Å². The van der Waals surface area contributed by atoms with E-state index in [9.17, 15) is 19.2 Å². The lowest BCUT2D eigenvalue weighted by Gasteiger charge is -2.35. The van der Waals surface area contributed by atoms with E-state index in [2.05, 4.69) is 49.0 Å². The van der Waals surface area contributed by atoms with Crippen LogP contribution in [-0.4, -0.2) is 87.0 Å². The van der Waals surface area contributed by atoms with Crippen molar-refractivity contribution in [2.24, 2.45) is 5.92 Å². The Kier molecular flexibility index (Phi) is 7.83. The van der Waals surface area contributed by atoms with Gasteiger partial charge in [-0.3, -0.25) is 39.1 Å². The Morgan fingerprint density at radius 3 is 2.62 bits per heavy atom. The van der Waals surface area contributed by atoms with E-state index in [0.29, 0.717) is 12.0 Å². The van der Waals surface area contributed by atoms with Crippen molar-refractivity contribution in [3.05, 3.63) is 66.1 Å². The summed E-state index contributed by atoms with van der Waals surface area (Å²) in [7, 11) is 0. The van der Waals surface area contributed by atoms with Crippen molar-refractivity contribution in [2.75, 3.05) is 42.9 Å². The summed E-state index contributed by atoms with van der Waals surface area (Å²) in [6.45, 7) is 4.60. The number of nitrogens with one attached hydrogen (secondary N) is 3. The smallest absolute Gasteiger partial charge is 0.262 e. The van der Waals surface area contributed by atoms with Gasteiger partial charge >= 0.3 is 0 Å². The Morgan fingerprint density at radius 2 is 1.79 bits per heavy atom. The fraction of sp³-hybridized carbons (Fsp3) is 0.400. The van der Waals surface area contributed by atoms with Crippen molar-refractivity contribution >= 4 is 46.0 Å². The first-order chi connectivity index (χ1) is 23.4. The molecular weight excluding hydrogens is 610 g/mol. The molecule has 3 aliphatic heterocycles. The third-order valence-electron chi connectivity index (χ3n) is 10.0. The first-order valence-electron chi connectivity index (χ1n) is 16.8. The first kappa shape index (κ1) is 30.2. The number of hydrogen-bond acceptors (Lipinski definition) is 10. The van der Waals surface area contributed by atoms with E-state index >= 15 is 0 Å². The van der Waals surface area contributed by atoms with Crippen LogP contribution in [0.5, 0.6) is 0 Å². The molecule has 4 amide bonds. The number of anilines is 2. The third-order valence-corrected chi connectivity index (χ3v) is 10.0. The molecule has 1 aliphatic carbocycles. The average molecular weight is 648 g/mol. The molecule has 1 atom stereocenters. The molecule has 4 aromatic rings. The van der Waals surface area contributed by atoms with Crippen LogP contribution in [0.3, 0.4) is 0 Å². The van der Waals surface area contributed by atoms with Gasteiger partial charge in [-0.05, 0) is 68.4 Å². The standard InChI is InChI=1S/C35H37N9O4/c45-31-9-8-30(33(46)41-31)44-34(47)25-7-6-23(17-26(25)35(44)48)37-10-2-3-21-15-24(16-21)43-20-22(18-39-43)28-19-38-32-27(40-28)4-1-5-29(32)42-13-11-36-12-14-42/h1,4-7,17-21,24,30,36-37H,2-3,8-16H2,(H,41,45,46). The zero-order valence-electron chi connectivity index (χ0n) is 26.5. The molecule has 13 nitrogen and oxygen atoms in total. The van der Waals surface area contributed by atoms with Crippen molar-refractivity contribution < 1.29 is 19.2 Å². The highest BCUT2D eigenvalue weighted by atomic mass is 16.2. The fourth-order valence-corrected chi connectivity index (χ4v) is 7.35. The molecule has 4 aliphatic rings. The van der Waals surface area contributed by atoms with E-state index in [1.54, 1.807) is 18.2 Å². The highest BCUT2D eigenvalue weighted by molar-refractivity contribution is 6.23. The molecule has 0 spiro atoms. The summed E-state index contributed by atoms with van der Waals surface area (Å²) in [4.78, 5) is 63.0. The summed E-state index contributed by atoms with van der Waals surface area (Å²) < 4.78 is 2.06. The number of carbonyl (C=O) groups excluding carboxylic acids is 4. The van der Waals surface area contributed by atoms with Gasteiger partial charge in [-0.1, -0.05) is 6.07 Å². The molecule has 13 heteroatoms. The van der Waals surface area contributed by atoms with E-state index in [1.165, 1.54) is 0 Å². The number of amides is 4. The van der Waals surface area contributed by atoms with Gasteiger partial charge in [-0.2, -0.15) is 5.10 Å². The molecule has 8 rings (SSSR count). The Morgan fingerprint density at radius 1 is 0.958 bits per heavy atom. The fourth-order valence-electron chi connectivity index (χ4n) is 7.35. The second-order valence-electron chi connectivity index (χ2n) is 13.1.